The Morgan fingerprint density at radius 1 is 1.10 bits per heavy atom. The van der Waals surface area contributed by atoms with Crippen molar-refractivity contribution in [1.29, 1.82) is 0 Å². The monoisotopic (exact) mass is 334 g/mol. The number of anilines is 1. The number of hydrogen-bond donors (Lipinski definition) is 1. The van der Waals surface area contributed by atoms with Gasteiger partial charge in [-0.2, -0.15) is 0 Å². The van der Waals surface area contributed by atoms with Gasteiger partial charge in [0.05, 0.1) is 10.0 Å². The van der Waals surface area contributed by atoms with Crippen LogP contribution in [-0.4, -0.2) is 4.98 Å². The summed E-state index contributed by atoms with van der Waals surface area (Å²) in [4.78, 5) is 4.32. The molecule has 3 aromatic rings. The van der Waals surface area contributed by atoms with Crippen LogP contribution in [0.3, 0.4) is 0 Å². The number of rotatable bonds is 4. The summed E-state index contributed by atoms with van der Waals surface area (Å²) in [5, 5.41) is 7.53. The Hall–Kier alpha value is -1.55. The average Bonchev–Trinajstić information content (AvgIpc) is 3.03. The van der Waals surface area contributed by atoms with Crippen molar-refractivity contribution in [3.05, 3.63) is 69.7 Å². The van der Waals surface area contributed by atoms with Crippen molar-refractivity contribution in [3.63, 3.8) is 0 Å². The van der Waals surface area contributed by atoms with Gasteiger partial charge in [-0.3, -0.25) is 0 Å². The van der Waals surface area contributed by atoms with E-state index in [1.54, 1.807) is 17.4 Å². The third-order valence-corrected chi connectivity index (χ3v) is 4.74. The maximum Gasteiger partial charge on any atom is 0.123 e. The molecular weight excluding hydrogens is 323 g/mol. The lowest BCUT2D eigenvalue weighted by Gasteiger charge is -2.10. The highest BCUT2D eigenvalue weighted by molar-refractivity contribution is 7.13. The Kier molecular flexibility index (Phi) is 4.44. The SMILES string of the molecule is Clc1cccc(CNc2cccc(-c3nccs3)c2)c1Cl. The van der Waals surface area contributed by atoms with Crippen LogP contribution in [0.5, 0.6) is 0 Å². The maximum absolute atomic E-state index is 6.19. The van der Waals surface area contributed by atoms with Crippen molar-refractivity contribution in [3.8, 4) is 10.6 Å². The Morgan fingerprint density at radius 2 is 1.95 bits per heavy atom. The molecule has 0 aliphatic carbocycles. The molecule has 0 bridgehead atoms. The van der Waals surface area contributed by atoms with E-state index >= 15 is 0 Å². The van der Waals surface area contributed by atoms with Gasteiger partial charge in [0.15, 0.2) is 0 Å². The second-order valence-corrected chi connectivity index (χ2v) is 6.16. The van der Waals surface area contributed by atoms with Crippen LogP contribution in [0.15, 0.2) is 54.0 Å². The molecule has 0 fully saturated rings. The van der Waals surface area contributed by atoms with Crippen molar-refractivity contribution >= 4 is 40.2 Å². The van der Waals surface area contributed by atoms with Crippen LogP contribution in [-0.2, 0) is 6.54 Å². The summed E-state index contributed by atoms with van der Waals surface area (Å²) in [6.45, 7) is 0.626. The first kappa shape index (κ1) is 14.4. The predicted octanol–water partition coefficient (Wildman–Crippen LogP) is 5.73. The average molecular weight is 335 g/mol. The largest absolute Gasteiger partial charge is 0.381 e. The van der Waals surface area contributed by atoms with Crippen LogP contribution in [0.25, 0.3) is 10.6 Å². The number of benzene rings is 2. The Bertz CT molecular complexity index is 742. The number of nitrogens with zero attached hydrogens (tertiary/aromatic N) is 1. The lowest BCUT2D eigenvalue weighted by atomic mass is 10.2. The number of halogens is 2. The van der Waals surface area contributed by atoms with Crippen LogP contribution in [0.4, 0.5) is 5.69 Å². The lowest BCUT2D eigenvalue weighted by Crippen LogP contribution is -2.00. The molecule has 3 rings (SSSR count). The molecule has 0 unspecified atom stereocenters. The number of hydrogen-bond acceptors (Lipinski definition) is 3. The highest BCUT2D eigenvalue weighted by Gasteiger charge is 2.05. The zero-order chi connectivity index (χ0) is 14.7. The van der Waals surface area contributed by atoms with Crippen LogP contribution in [0.2, 0.25) is 10.0 Å². The minimum Gasteiger partial charge on any atom is -0.381 e. The van der Waals surface area contributed by atoms with E-state index < -0.39 is 0 Å². The second kappa shape index (κ2) is 6.48. The van der Waals surface area contributed by atoms with Gasteiger partial charge in [-0.05, 0) is 23.8 Å². The number of aromatic nitrogens is 1. The summed E-state index contributed by atoms with van der Waals surface area (Å²) < 4.78 is 0. The van der Waals surface area contributed by atoms with Gasteiger partial charge in [-0.1, -0.05) is 47.5 Å². The van der Waals surface area contributed by atoms with E-state index in [0.29, 0.717) is 16.6 Å². The van der Waals surface area contributed by atoms with Gasteiger partial charge in [-0.15, -0.1) is 11.3 Å². The molecule has 1 N–H and O–H groups in total. The molecule has 0 atom stereocenters. The highest BCUT2D eigenvalue weighted by Crippen LogP contribution is 2.27. The molecule has 0 saturated carbocycles. The normalized spacial score (nSPS) is 10.6. The van der Waals surface area contributed by atoms with Crippen molar-refractivity contribution in [2.75, 3.05) is 5.32 Å². The minimum absolute atomic E-state index is 0.576. The van der Waals surface area contributed by atoms with Gasteiger partial charge in [-0.25, -0.2) is 4.98 Å². The fourth-order valence-electron chi connectivity index (χ4n) is 2.01. The summed E-state index contributed by atoms with van der Waals surface area (Å²) in [6, 6.07) is 13.8. The van der Waals surface area contributed by atoms with Gasteiger partial charge < -0.3 is 5.32 Å². The van der Waals surface area contributed by atoms with Gasteiger partial charge in [0.2, 0.25) is 0 Å². The standard InChI is InChI=1S/C16H12Cl2N2S/c17-14-6-2-4-12(15(14)18)10-20-13-5-1-3-11(9-13)16-19-7-8-21-16/h1-9,20H,10H2. The number of thiazole rings is 1. The van der Waals surface area contributed by atoms with E-state index in [0.717, 1.165) is 21.8 Å². The highest BCUT2D eigenvalue weighted by atomic mass is 35.5. The van der Waals surface area contributed by atoms with Crippen LogP contribution < -0.4 is 5.32 Å². The van der Waals surface area contributed by atoms with Crippen molar-refractivity contribution in [2.45, 2.75) is 6.54 Å². The van der Waals surface area contributed by atoms with E-state index in [9.17, 15) is 0 Å². The fourth-order valence-corrected chi connectivity index (χ4v) is 3.03. The molecular formula is C16H12Cl2N2S. The maximum atomic E-state index is 6.19. The molecule has 0 aliphatic heterocycles. The van der Waals surface area contributed by atoms with Crippen LogP contribution in [0, 0.1) is 0 Å². The summed E-state index contributed by atoms with van der Waals surface area (Å²) in [5.74, 6) is 0. The summed E-state index contributed by atoms with van der Waals surface area (Å²) >= 11 is 13.8. The molecule has 106 valence electrons. The smallest absolute Gasteiger partial charge is 0.123 e. The topological polar surface area (TPSA) is 24.9 Å². The molecule has 2 nitrogen and oxygen atoms in total. The fraction of sp³-hybridized carbons (Fsp3) is 0.0625. The Labute approximate surface area is 137 Å². The molecule has 0 saturated heterocycles. The first-order valence-corrected chi connectivity index (χ1v) is 8.04. The summed E-state index contributed by atoms with van der Waals surface area (Å²) in [7, 11) is 0. The lowest BCUT2D eigenvalue weighted by molar-refractivity contribution is 1.15. The van der Waals surface area contributed by atoms with E-state index in [4.69, 9.17) is 23.2 Å². The zero-order valence-corrected chi connectivity index (χ0v) is 13.3. The van der Waals surface area contributed by atoms with E-state index in [-0.39, 0.29) is 0 Å². The second-order valence-electron chi connectivity index (χ2n) is 4.48. The van der Waals surface area contributed by atoms with E-state index in [1.807, 2.05) is 35.8 Å². The van der Waals surface area contributed by atoms with Crippen LogP contribution in [0.1, 0.15) is 5.56 Å². The third-order valence-electron chi connectivity index (χ3n) is 3.06. The van der Waals surface area contributed by atoms with Gasteiger partial charge >= 0.3 is 0 Å². The van der Waals surface area contributed by atoms with Crippen molar-refractivity contribution in [1.82, 2.24) is 4.98 Å². The quantitative estimate of drug-likeness (QED) is 0.659. The Morgan fingerprint density at radius 3 is 2.76 bits per heavy atom. The molecule has 5 heteroatoms. The molecule has 0 radical (unpaired) electrons. The molecule has 0 spiro atoms. The van der Waals surface area contributed by atoms with Gasteiger partial charge in [0, 0.05) is 29.4 Å². The summed E-state index contributed by atoms with van der Waals surface area (Å²) in [6.07, 6.45) is 1.81. The zero-order valence-electron chi connectivity index (χ0n) is 11.0. The van der Waals surface area contributed by atoms with E-state index in [2.05, 4.69) is 22.4 Å². The Balaban J connectivity index is 1.77. The molecule has 21 heavy (non-hydrogen) atoms. The third kappa shape index (κ3) is 3.38. The first-order valence-electron chi connectivity index (χ1n) is 6.41. The first-order chi connectivity index (χ1) is 10.2. The molecule has 1 heterocycles. The molecule has 1 aromatic heterocycles. The summed E-state index contributed by atoms with van der Waals surface area (Å²) in [5.41, 5.74) is 3.11. The molecule has 0 aliphatic rings. The van der Waals surface area contributed by atoms with Gasteiger partial charge in [0.25, 0.3) is 0 Å². The van der Waals surface area contributed by atoms with Crippen molar-refractivity contribution < 1.29 is 0 Å². The predicted molar refractivity (Wildman–Crippen MR) is 91.3 cm³/mol. The number of nitrogens with one attached hydrogen (secondary N) is 1. The van der Waals surface area contributed by atoms with Crippen molar-refractivity contribution in [2.24, 2.45) is 0 Å². The van der Waals surface area contributed by atoms with E-state index in [1.165, 1.54) is 0 Å². The molecule has 2 aromatic carbocycles. The van der Waals surface area contributed by atoms with Gasteiger partial charge in [0.1, 0.15) is 5.01 Å². The van der Waals surface area contributed by atoms with Crippen LogP contribution >= 0.6 is 34.5 Å². The minimum atomic E-state index is 0.576. The molecule has 0 amide bonds.